The van der Waals surface area contributed by atoms with Gasteiger partial charge in [0.2, 0.25) is 5.89 Å². The van der Waals surface area contributed by atoms with E-state index >= 15 is 0 Å². The Morgan fingerprint density at radius 3 is 3.05 bits per heavy atom. The second-order valence-electron chi connectivity index (χ2n) is 6.26. The zero-order valence-electron chi connectivity index (χ0n) is 13.0. The first kappa shape index (κ1) is 15.3. The minimum Gasteiger partial charge on any atom is -0.339 e. The van der Waals surface area contributed by atoms with E-state index in [0.29, 0.717) is 18.0 Å². The molecule has 1 aliphatic carbocycles. The normalized spacial score (nSPS) is 31.4. The number of nitrogens with zero attached hydrogens (tertiary/aromatic N) is 3. The molecule has 1 aliphatic heterocycles. The molecule has 0 bridgehead atoms. The highest BCUT2D eigenvalue weighted by Crippen LogP contribution is 2.29. The van der Waals surface area contributed by atoms with Crippen molar-refractivity contribution in [2.24, 2.45) is 5.92 Å². The molecule has 3 atom stereocenters. The third-order valence-corrected chi connectivity index (χ3v) is 5.92. The summed E-state index contributed by atoms with van der Waals surface area (Å²) in [6.45, 7) is 1.10. The van der Waals surface area contributed by atoms with Crippen LogP contribution in [0.15, 0.2) is 4.52 Å². The maximum atomic E-state index is 5.54. The second-order valence-corrected chi connectivity index (χ2v) is 7.41. The van der Waals surface area contributed by atoms with Gasteiger partial charge in [0.25, 0.3) is 0 Å². The summed E-state index contributed by atoms with van der Waals surface area (Å²) in [7, 11) is 4.22. The highest BCUT2D eigenvalue weighted by atomic mass is 32.2. The van der Waals surface area contributed by atoms with Crippen LogP contribution in [0, 0.1) is 5.92 Å². The molecule has 21 heavy (non-hydrogen) atoms. The van der Waals surface area contributed by atoms with Crippen molar-refractivity contribution in [1.29, 1.82) is 0 Å². The molecule has 2 fully saturated rings. The Labute approximate surface area is 131 Å². The third-order valence-electron chi connectivity index (χ3n) is 4.89. The van der Waals surface area contributed by atoms with E-state index in [1.54, 1.807) is 0 Å². The van der Waals surface area contributed by atoms with Crippen LogP contribution in [0.5, 0.6) is 0 Å². The summed E-state index contributed by atoms with van der Waals surface area (Å²) in [4.78, 5) is 7.02. The van der Waals surface area contributed by atoms with Crippen LogP contribution >= 0.6 is 11.8 Å². The Bertz CT molecular complexity index is 453. The van der Waals surface area contributed by atoms with Gasteiger partial charge in [0.05, 0.1) is 6.04 Å². The number of hydrogen-bond donors (Lipinski definition) is 1. The lowest BCUT2D eigenvalue weighted by Gasteiger charge is -2.30. The van der Waals surface area contributed by atoms with Crippen LogP contribution < -0.4 is 5.32 Å². The van der Waals surface area contributed by atoms with Crippen LogP contribution in [-0.4, -0.2) is 53.2 Å². The summed E-state index contributed by atoms with van der Waals surface area (Å²) in [6.07, 6.45) is 6.11. The van der Waals surface area contributed by atoms with Crippen LogP contribution in [-0.2, 0) is 6.42 Å². The summed E-state index contributed by atoms with van der Waals surface area (Å²) >= 11 is 1.98. The standard InChI is InChI=1S/C15H26N4OS/c1-16-12-6-4-3-5-11(12)9-14-17-15(18-20-14)13-10-21-8-7-19(13)2/h11-13,16H,3-10H2,1-2H3. The lowest BCUT2D eigenvalue weighted by atomic mass is 9.82. The van der Waals surface area contributed by atoms with E-state index in [1.165, 1.54) is 31.4 Å². The van der Waals surface area contributed by atoms with Gasteiger partial charge >= 0.3 is 0 Å². The minimum atomic E-state index is 0.313. The molecule has 5 nitrogen and oxygen atoms in total. The first-order valence-corrected chi connectivity index (χ1v) is 9.21. The number of rotatable bonds is 4. The van der Waals surface area contributed by atoms with Crippen molar-refractivity contribution >= 4 is 11.8 Å². The van der Waals surface area contributed by atoms with Crippen LogP contribution in [0.4, 0.5) is 0 Å². The molecule has 2 heterocycles. The van der Waals surface area contributed by atoms with Gasteiger partial charge in [-0.3, -0.25) is 4.90 Å². The Hall–Kier alpha value is -0.590. The Morgan fingerprint density at radius 2 is 2.24 bits per heavy atom. The van der Waals surface area contributed by atoms with E-state index < -0.39 is 0 Å². The lowest BCUT2D eigenvalue weighted by Crippen LogP contribution is -2.37. The van der Waals surface area contributed by atoms with Crippen LogP contribution in [0.25, 0.3) is 0 Å². The van der Waals surface area contributed by atoms with Crippen LogP contribution in [0.1, 0.15) is 43.4 Å². The van der Waals surface area contributed by atoms with Crippen molar-refractivity contribution in [3.8, 4) is 0 Å². The molecule has 1 aromatic rings. The van der Waals surface area contributed by atoms with Gasteiger partial charge in [-0.2, -0.15) is 16.7 Å². The fourth-order valence-electron chi connectivity index (χ4n) is 3.50. The van der Waals surface area contributed by atoms with Crippen molar-refractivity contribution in [1.82, 2.24) is 20.4 Å². The Kier molecular flexibility index (Phi) is 5.19. The summed E-state index contributed by atoms with van der Waals surface area (Å²) in [5.41, 5.74) is 0. The molecule has 0 amide bonds. The molecular weight excluding hydrogens is 284 g/mol. The van der Waals surface area contributed by atoms with Gasteiger partial charge in [-0.25, -0.2) is 0 Å². The van der Waals surface area contributed by atoms with Crippen LogP contribution in [0.3, 0.4) is 0 Å². The molecule has 3 rings (SSSR count). The second kappa shape index (κ2) is 7.11. The maximum Gasteiger partial charge on any atom is 0.227 e. The molecule has 1 saturated carbocycles. The highest BCUT2D eigenvalue weighted by molar-refractivity contribution is 7.99. The third kappa shape index (κ3) is 3.60. The summed E-state index contributed by atoms with van der Waals surface area (Å²) in [6, 6.07) is 0.912. The summed E-state index contributed by atoms with van der Waals surface area (Å²) < 4.78 is 5.54. The van der Waals surface area contributed by atoms with Gasteiger partial charge < -0.3 is 9.84 Å². The predicted octanol–water partition coefficient (Wildman–Crippen LogP) is 2.11. The fraction of sp³-hybridized carbons (Fsp3) is 0.867. The zero-order valence-corrected chi connectivity index (χ0v) is 13.9. The van der Waals surface area contributed by atoms with Gasteiger partial charge in [0, 0.05) is 30.5 Å². The van der Waals surface area contributed by atoms with E-state index in [1.807, 2.05) is 11.8 Å². The van der Waals surface area contributed by atoms with Crippen molar-refractivity contribution in [2.45, 2.75) is 44.2 Å². The average Bonchev–Trinajstić information content (AvgIpc) is 2.96. The quantitative estimate of drug-likeness (QED) is 0.919. The predicted molar refractivity (Wildman–Crippen MR) is 85.5 cm³/mol. The molecule has 2 aliphatic rings. The molecule has 0 spiro atoms. The number of thioether (sulfide) groups is 1. The molecule has 3 unspecified atom stereocenters. The Morgan fingerprint density at radius 1 is 1.38 bits per heavy atom. The molecule has 6 heteroatoms. The fourth-order valence-corrected chi connectivity index (χ4v) is 4.71. The van der Waals surface area contributed by atoms with Crippen LogP contribution in [0.2, 0.25) is 0 Å². The average molecular weight is 310 g/mol. The summed E-state index contributed by atoms with van der Waals surface area (Å²) in [5, 5.41) is 7.70. The van der Waals surface area contributed by atoms with E-state index in [-0.39, 0.29) is 0 Å². The van der Waals surface area contributed by atoms with Crippen molar-refractivity contribution in [2.75, 3.05) is 32.1 Å². The molecule has 1 saturated heterocycles. The van der Waals surface area contributed by atoms with Crippen molar-refractivity contribution in [3.05, 3.63) is 11.7 Å². The highest BCUT2D eigenvalue weighted by Gasteiger charge is 2.28. The largest absolute Gasteiger partial charge is 0.339 e. The topological polar surface area (TPSA) is 54.2 Å². The van der Waals surface area contributed by atoms with Gasteiger partial charge in [0.15, 0.2) is 5.82 Å². The lowest BCUT2D eigenvalue weighted by molar-refractivity contribution is 0.244. The maximum absolute atomic E-state index is 5.54. The molecule has 0 radical (unpaired) electrons. The van der Waals surface area contributed by atoms with Gasteiger partial charge in [-0.1, -0.05) is 18.0 Å². The molecule has 118 valence electrons. The smallest absolute Gasteiger partial charge is 0.227 e. The number of aromatic nitrogens is 2. The molecule has 1 N–H and O–H groups in total. The monoisotopic (exact) mass is 310 g/mol. The van der Waals surface area contributed by atoms with Crippen molar-refractivity contribution < 1.29 is 4.52 Å². The Balaban J connectivity index is 1.64. The first-order valence-electron chi connectivity index (χ1n) is 8.05. The number of nitrogens with one attached hydrogen (secondary N) is 1. The van der Waals surface area contributed by atoms with Gasteiger partial charge in [-0.15, -0.1) is 0 Å². The molecular formula is C15H26N4OS. The van der Waals surface area contributed by atoms with E-state index in [4.69, 9.17) is 4.52 Å². The zero-order chi connectivity index (χ0) is 14.7. The SMILES string of the molecule is CNC1CCCCC1Cc1nc(C2CSCCN2C)no1. The minimum absolute atomic E-state index is 0.313. The molecule has 0 aromatic carbocycles. The van der Waals surface area contributed by atoms with Gasteiger partial charge in [-0.05, 0) is 32.9 Å². The number of hydrogen-bond acceptors (Lipinski definition) is 6. The molecule has 1 aromatic heterocycles. The van der Waals surface area contributed by atoms with E-state index in [9.17, 15) is 0 Å². The van der Waals surface area contributed by atoms with E-state index in [2.05, 4.69) is 34.5 Å². The van der Waals surface area contributed by atoms with E-state index in [0.717, 1.165) is 30.4 Å². The first-order chi connectivity index (χ1) is 10.3. The summed E-state index contributed by atoms with van der Waals surface area (Å²) in [5.74, 6) is 4.59. The van der Waals surface area contributed by atoms with Crippen molar-refractivity contribution in [3.63, 3.8) is 0 Å². The van der Waals surface area contributed by atoms with Gasteiger partial charge in [0.1, 0.15) is 0 Å².